The lowest BCUT2D eigenvalue weighted by atomic mass is 10.0. The third-order valence-electron chi connectivity index (χ3n) is 4.26. The van der Waals surface area contributed by atoms with Crippen LogP contribution in [0.25, 0.3) is 11.1 Å². The van der Waals surface area contributed by atoms with Gasteiger partial charge >= 0.3 is 0 Å². The number of nitrogens with one attached hydrogen (secondary N) is 1. The maximum absolute atomic E-state index is 4.87. The molecule has 0 unspecified atom stereocenters. The molecule has 1 fully saturated rings. The molecule has 0 radical (unpaired) electrons. The summed E-state index contributed by atoms with van der Waals surface area (Å²) in [5, 5.41) is 7.26. The van der Waals surface area contributed by atoms with Gasteiger partial charge in [0.2, 0.25) is 5.95 Å². The Morgan fingerprint density at radius 2 is 2.04 bits per heavy atom. The molecular formula is C18H20N6. The molecular weight excluding hydrogens is 300 g/mol. The summed E-state index contributed by atoms with van der Waals surface area (Å²) in [5.74, 6) is 1.30. The number of H-pyrrole nitrogens is 1. The highest BCUT2D eigenvalue weighted by molar-refractivity contribution is 5.66. The van der Waals surface area contributed by atoms with Gasteiger partial charge < -0.3 is 4.90 Å². The van der Waals surface area contributed by atoms with Gasteiger partial charge in [0.1, 0.15) is 0 Å². The van der Waals surface area contributed by atoms with Crippen LogP contribution in [0.5, 0.6) is 0 Å². The quantitative estimate of drug-likeness (QED) is 0.782. The van der Waals surface area contributed by atoms with E-state index in [1.165, 1.54) is 12.8 Å². The van der Waals surface area contributed by atoms with Crippen molar-refractivity contribution in [2.24, 2.45) is 0 Å². The van der Waals surface area contributed by atoms with Crippen molar-refractivity contribution in [2.45, 2.75) is 32.2 Å². The molecule has 4 rings (SSSR count). The van der Waals surface area contributed by atoms with Crippen LogP contribution < -0.4 is 4.90 Å². The highest BCUT2D eigenvalue weighted by Crippen LogP contribution is 2.43. The monoisotopic (exact) mass is 320 g/mol. The van der Waals surface area contributed by atoms with E-state index in [1.54, 1.807) is 0 Å². The minimum Gasteiger partial charge on any atom is -0.338 e. The van der Waals surface area contributed by atoms with Crippen LogP contribution in [0.15, 0.2) is 36.8 Å². The van der Waals surface area contributed by atoms with Gasteiger partial charge in [-0.15, -0.1) is 0 Å². The maximum atomic E-state index is 4.87. The summed E-state index contributed by atoms with van der Waals surface area (Å²) in [6.07, 6.45) is 7.98. The molecule has 0 amide bonds. The van der Waals surface area contributed by atoms with Crippen LogP contribution in [-0.4, -0.2) is 32.2 Å². The average Bonchev–Trinajstić information content (AvgIpc) is 3.38. The number of nitrogens with zero attached hydrogens (tertiary/aromatic N) is 5. The number of aryl methyl sites for hydroxylation is 1. The van der Waals surface area contributed by atoms with E-state index in [0.717, 1.165) is 34.2 Å². The zero-order valence-corrected chi connectivity index (χ0v) is 13.9. The molecule has 0 saturated heterocycles. The van der Waals surface area contributed by atoms with Crippen molar-refractivity contribution in [1.82, 2.24) is 25.1 Å². The van der Waals surface area contributed by atoms with Crippen molar-refractivity contribution in [3.8, 4) is 11.1 Å². The highest BCUT2D eigenvalue weighted by Gasteiger charge is 2.29. The number of pyridine rings is 1. The van der Waals surface area contributed by atoms with E-state index in [-0.39, 0.29) is 0 Å². The summed E-state index contributed by atoms with van der Waals surface area (Å²) in [6.45, 7) is 2.69. The van der Waals surface area contributed by atoms with Crippen molar-refractivity contribution in [3.63, 3.8) is 0 Å². The third kappa shape index (κ3) is 2.99. The smallest absolute Gasteiger partial charge is 0.225 e. The van der Waals surface area contributed by atoms with E-state index in [2.05, 4.69) is 20.2 Å². The van der Waals surface area contributed by atoms with Crippen molar-refractivity contribution >= 4 is 5.95 Å². The number of hydrogen-bond donors (Lipinski definition) is 1. The Hall–Kier alpha value is -2.76. The SMILES string of the molecule is Cc1cc(CN(C)c2ncc(-c3ccncc3)c(C3CC3)n2)n[nH]1. The molecule has 0 bridgehead atoms. The first-order valence-electron chi connectivity index (χ1n) is 8.20. The van der Waals surface area contributed by atoms with Crippen LogP contribution in [-0.2, 0) is 6.54 Å². The van der Waals surface area contributed by atoms with Crippen LogP contribution in [0.2, 0.25) is 0 Å². The van der Waals surface area contributed by atoms with Crippen LogP contribution in [0.3, 0.4) is 0 Å². The molecule has 122 valence electrons. The van der Waals surface area contributed by atoms with Crippen LogP contribution >= 0.6 is 0 Å². The van der Waals surface area contributed by atoms with Crippen LogP contribution in [0.4, 0.5) is 5.95 Å². The number of rotatable bonds is 5. The fraction of sp³-hybridized carbons (Fsp3) is 0.333. The van der Waals surface area contributed by atoms with Gasteiger partial charge in [0.15, 0.2) is 0 Å². The number of aromatic nitrogens is 5. The van der Waals surface area contributed by atoms with Gasteiger partial charge in [-0.05, 0) is 43.5 Å². The Morgan fingerprint density at radius 3 is 2.71 bits per heavy atom. The summed E-state index contributed by atoms with van der Waals surface area (Å²) < 4.78 is 0. The van der Waals surface area contributed by atoms with Gasteiger partial charge in [-0.25, -0.2) is 9.97 Å². The van der Waals surface area contributed by atoms with Gasteiger partial charge in [0.05, 0.1) is 17.9 Å². The van der Waals surface area contributed by atoms with Crippen molar-refractivity contribution in [1.29, 1.82) is 0 Å². The van der Waals surface area contributed by atoms with Gasteiger partial charge in [-0.2, -0.15) is 5.10 Å². The molecule has 3 heterocycles. The molecule has 3 aromatic rings. The Kier molecular flexibility index (Phi) is 3.72. The second-order valence-electron chi connectivity index (χ2n) is 6.38. The van der Waals surface area contributed by atoms with E-state index in [4.69, 9.17) is 4.98 Å². The molecule has 1 aliphatic rings. The summed E-state index contributed by atoms with van der Waals surface area (Å²) in [7, 11) is 2.00. The number of anilines is 1. The Bertz CT molecular complexity index is 838. The predicted molar refractivity (Wildman–Crippen MR) is 92.7 cm³/mol. The van der Waals surface area contributed by atoms with E-state index >= 15 is 0 Å². The molecule has 0 atom stereocenters. The topological polar surface area (TPSA) is 70.6 Å². The molecule has 1 aliphatic carbocycles. The largest absolute Gasteiger partial charge is 0.338 e. The van der Waals surface area contributed by atoms with Crippen molar-refractivity contribution in [3.05, 3.63) is 53.9 Å². The molecule has 0 spiro atoms. The fourth-order valence-corrected chi connectivity index (χ4v) is 2.86. The average molecular weight is 320 g/mol. The maximum Gasteiger partial charge on any atom is 0.225 e. The minimum absolute atomic E-state index is 0.552. The van der Waals surface area contributed by atoms with Crippen LogP contribution in [0.1, 0.15) is 35.8 Å². The molecule has 6 heteroatoms. The second-order valence-corrected chi connectivity index (χ2v) is 6.38. The lowest BCUT2D eigenvalue weighted by Crippen LogP contribution is -2.20. The Balaban J connectivity index is 1.64. The molecule has 3 aromatic heterocycles. The van der Waals surface area contributed by atoms with Gasteiger partial charge in [0, 0.05) is 42.8 Å². The predicted octanol–water partition coefficient (Wildman–Crippen LogP) is 3.08. The molecule has 1 saturated carbocycles. The van der Waals surface area contributed by atoms with E-state index in [9.17, 15) is 0 Å². The Labute approximate surface area is 141 Å². The molecule has 1 N–H and O–H groups in total. The molecule has 6 nitrogen and oxygen atoms in total. The first-order chi connectivity index (χ1) is 11.7. The first kappa shape index (κ1) is 14.8. The summed E-state index contributed by atoms with van der Waals surface area (Å²) in [4.78, 5) is 15.6. The highest BCUT2D eigenvalue weighted by atomic mass is 15.2. The van der Waals surface area contributed by atoms with Crippen LogP contribution in [0, 0.1) is 6.92 Å². The Morgan fingerprint density at radius 1 is 1.25 bits per heavy atom. The van der Waals surface area contributed by atoms with Crippen molar-refractivity contribution < 1.29 is 0 Å². The van der Waals surface area contributed by atoms with Gasteiger partial charge in [-0.3, -0.25) is 10.1 Å². The summed E-state index contributed by atoms with van der Waals surface area (Å²) in [5.41, 5.74) is 5.45. The normalized spacial score (nSPS) is 13.9. The van der Waals surface area contributed by atoms with Gasteiger partial charge in [0.25, 0.3) is 0 Å². The minimum atomic E-state index is 0.552. The lowest BCUT2D eigenvalue weighted by Gasteiger charge is -2.18. The number of aromatic amines is 1. The second kappa shape index (κ2) is 6.03. The standard InChI is InChI=1S/C18H20N6/c1-12-9-15(23-22-12)11-24(2)18-20-10-16(13-5-7-19-8-6-13)17(21-18)14-3-4-14/h5-10,14H,3-4,11H2,1-2H3,(H,22,23). The van der Waals surface area contributed by atoms with Crippen molar-refractivity contribution in [2.75, 3.05) is 11.9 Å². The fourth-order valence-electron chi connectivity index (χ4n) is 2.86. The van der Waals surface area contributed by atoms with E-state index < -0.39 is 0 Å². The van der Waals surface area contributed by atoms with E-state index in [0.29, 0.717) is 12.5 Å². The zero-order chi connectivity index (χ0) is 16.5. The summed E-state index contributed by atoms with van der Waals surface area (Å²) in [6, 6.07) is 6.07. The van der Waals surface area contributed by atoms with E-state index in [1.807, 2.05) is 55.7 Å². The molecule has 24 heavy (non-hydrogen) atoms. The third-order valence-corrected chi connectivity index (χ3v) is 4.26. The molecule has 0 aromatic carbocycles. The zero-order valence-electron chi connectivity index (χ0n) is 13.9. The molecule has 0 aliphatic heterocycles. The van der Waals surface area contributed by atoms with Gasteiger partial charge in [-0.1, -0.05) is 0 Å². The summed E-state index contributed by atoms with van der Waals surface area (Å²) >= 11 is 0. The first-order valence-corrected chi connectivity index (χ1v) is 8.20. The lowest BCUT2D eigenvalue weighted by molar-refractivity contribution is 0.820. The number of hydrogen-bond acceptors (Lipinski definition) is 5.